The molecule has 0 spiro atoms. The second-order valence-electron chi connectivity index (χ2n) is 5.30. The second kappa shape index (κ2) is 8.94. The summed E-state index contributed by atoms with van der Waals surface area (Å²) in [7, 11) is -3.31. The van der Waals surface area contributed by atoms with Gasteiger partial charge in [0.05, 0.1) is 10.6 Å². The van der Waals surface area contributed by atoms with Crippen LogP contribution < -0.4 is 0 Å². The first-order valence-corrected chi connectivity index (χ1v) is 10.3. The standard InChI is InChI=1S/C19H22O2S2/c1-2-3-6-13-18(22-17-11-7-4-8-12-17)16-23(20,21)19-14-9-5-10-15-19/h4-5,7-15H,2-3,6,16H2,1H3/b18-13+. The van der Waals surface area contributed by atoms with E-state index in [1.165, 1.54) is 0 Å². The van der Waals surface area contributed by atoms with Gasteiger partial charge in [-0.25, -0.2) is 8.42 Å². The molecule has 0 amide bonds. The minimum atomic E-state index is -3.31. The van der Waals surface area contributed by atoms with Crippen LogP contribution in [0.15, 0.2) is 81.4 Å². The van der Waals surface area contributed by atoms with Gasteiger partial charge in [0, 0.05) is 9.80 Å². The van der Waals surface area contributed by atoms with Crippen molar-refractivity contribution in [2.24, 2.45) is 0 Å². The van der Waals surface area contributed by atoms with Gasteiger partial charge >= 0.3 is 0 Å². The van der Waals surface area contributed by atoms with Gasteiger partial charge in [0.15, 0.2) is 9.84 Å². The molecule has 0 unspecified atom stereocenters. The van der Waals surface area contributed by atoms with Crippen LogP contribution in [0.3, 0.4) is 0 Å². The number of hydrogen-bond acceptors (Lipinski definition) is 3. The molecule has 2 nitrogen and oxygen atoms in total. The Morgan fingerprint density at radius 3 is 2.22 bits per heavy atom. The maximum atomic E-state index is 12.6. The summed E-state index contributed by atoms with van der Waals surface area (Å²) < 4.78 is 25.2. The van der Waals surface area contributed by atoms with Crippen molar-refractivity contribution in [3.63, 3.8) is 0 Å². The predicted molar refractivity (Wildman–Crippen MR) is 98.4 cm³/mol. The molecule has 0 aromatic heterocycles. The molecule has 0 bridgehead atoms. The van der Waals surface area contributed by atoms with Crippen molar-refractivity contribution in [2.45, 2.75) is 36.0 Å². The Hall–Kier alpha value is -1.52. The van der Waals surface area contributed by atoms with Crippen LogP contribution in [-0.2, 0) is 9.84 Å². The highest BCUT2D eigenvalue weighted by Crippen LogP contribution is 2.29. The normalized spacial score (nSPS) is 12.3. The molecule has 0 fully saturated rings. The highest BCUT2D eigenvalue weighted by molar-refractivity contribution is 8.04. The molecule has 0 saturated carbocycles. The SMILES string of the molecule is CCCC/C=C(\CS(=O)(=O)c1ccccc1)Sc1ccccc1. The Labute approximate surface area is 143 Å². The number of sulfone groups is 1. The van der Waals surface area contributed by atoms with E-state index in [0.29, 0.717) is 4.90 Å². The van der Waals surface area contributed by atoms with Gasteiger partial charge in [-0.3, -0.25) is 0 Å². The van der Waals surface area contributed by atoms with Gasteiger partial charge in [-0.1, -0.05) is 74.0 Å². The summed E-state index contributed by atoms with van der Waals surface area (Å²) in [6.45, 7) is 2.14. The van der Waals surface area contributed by atoms with Crippen LogP contribution in [-0.4, -0.2) is 14.2 Å². The highest BCUT2D eigenvalue weighted by atomic mass is 32.2. The summed E-state index contributed by atoms with van der Waals surface area (Å²) in [4.78, 5) is 2.35. The fourth-order valence-electron chi connectivity index (χ4n) is 2.14. The van der Waals surface area contributed by atoms with Crippen molar-refractivity contribution in [2.75, 3.05) is 5.75 Å². The van der Waals surface area contributed by atoms with Crippen LogP contribution in [0.1, 0.15) is 26.2 Å². The highest BCUT2D eigenvalue weighted by Gasteiger charge is 2.17. The van der Waals surface area contributed by atoms with Crippen LogP contribution in [0.4, 0.5) is 0 Å². The summed E-state index contributed by atoms with van der Waals surface area (Å²) in [6.07, 6.45) is 5.16. The lowest BCUT2D eigenvalue weighted by molar-refractivity contribution is 0.598. The minimum absolute atomic E-state index is 0.0558. The zero-order valence-corrected chi connectivity index (χ0v) is 14.9. The molecule has 122 valence electrons. The molecule has 2 aromatic carbocycles. The van der Waals surface area contributed by atoms with E-state index in [1.807, 2.05) is 36.4 Å². The van der Waals surface area contributed by atoms with Crippen LogP contribution in [0.2, 0.25) is 0 Å². The number of hydrogen-bond donors (Lipinski definition) is 0. The first-order chi connectivity index (χ1) is 11.1. The molecule has 2 aromatic rings. The molecule has 0 heterocycles. The fraction of sp³-hybridized carbons (Fsp3) is 0.263. The van der Waals surface area contributed by atoms with Crippen molar-refractivity contribution in [1.29, 1.82) is 0 Å². The second-order valence-corrected chi connectivity index (χ2v) is 8.49. The number of thioether (sulfide) groups is 1. The van der Waals surface area contributed by atoms with Gasteiger partial charge < -0.3 is 0 Å². The summed E-state index contributed by atoms with van der Waals surface area (Å²) in [5.74, 6) is 0.0558. The van der Waals surface area contributed by atoms with Gasteiger partial charge in [0.2, 0.25) is 0 Å². The molecular formula is C19H22O2S2. The first kappa shape index (κ1) is 17.8. The number of allylic oxidation sites excluding steroid dienone is 1. The molecule has 23 heavy (non-hydrogen) atoms. The molecule has 0 radical (unpaired) electrons. The molecule has 2 rings (SSSR count). The lowest BCUT2D eigenvalue weighted by atomic mass is 10.2. The van der Waals surface area contributed by atoms with E-state index in [-0.39, 0.29) is 5.75 Å². The average Bonchev–Trinajstić information content (AvgIpc) is 2.56. The Morgan fingerprint density at radius 2 is 1.61 bits per heavy atom. The third kappa shape index (κ3) is 5.88. The summed E-state index contributed by atoms with van der Waals surface area (Å²) >= 11 is 1.54. The molecular weight excluding hydrogens is 324 g/mol. The Bertz CT molecular complexity index is 720. The van der Waals surface area contributed by atoms with E-state index in [0.717, 1.165) is 29.1 Å². The zero-order valence-electron chi connectivity index (χ0n) is 13.3. The zero-order chi connectivity index (χ0) is 16.5. The van der Waals surface area contributed by atoms with Crippen LogP contribution in [0.5, 0.6) is 0 Å². The quantitative estimate of drug-likeness (QED) is 0.479. The minimum Gasteiger partial charge on any atom is -0.223 e. The van der Waals surface area contributed by atoms with Crippen LogP contribution in [0, 0.1) is 0 Å². The number of unbranched alkanes of at least 4 members (excludes halogenated alkanes) is 2. The monoisotopic (exact) mass is 346 g/mol. The summed E-state index contributed by atoms with van der Waals surface area (Å²) in [5.41, 5.74) is 0. The third-order valence-corrected chi connectivity index (χ3v) is 6.30. The van der Waals surface area contributed by atoms with Crippen molar-refractivity contribution in [3.05, 3.63) is 71.6 Å². The van der Waals surface area contributed by atoms with Crippen molar-refractivity contribution in [3.8, 4) is 0 Å². The van der Waals surface area contributed by atoms with E-state index in [2.05, 4.69) is 13.0 Å². The Morgan fingerprint density at radius 1 is 1.00 bits per heavy atom. The lowest BCUT2D eigenvalue weighted by Crippen LogP contribution is -2.07. The van der Waals surface area contributed by atoms with Gasteiger partial charge in [-0.2, -0.15) is 0 Å². The van der Waals surface area contributed by atoms with E-state index in [9.17, 15) is 8.42 Å². The third-order valence-electron chi connectivity index (χ3n) is 3.36. The molecule has 0 aliphatic heterocycles. The lowest BCUT2D eigenvalue weighted by Gasteiger charge is -2.09. The summed E-state index contributed by atoms with van der Waals surface area (Å²) in [5, 5.41) is 0. The average molecular weight is 347 g/mol. The fourth-order valence-corrected chi connectivity index (χ4v) is 4.86. The topological polar surface area (TPSA) is 34.1 Å². The van der Waals surface area contributed by atoms with Gasteiger partial charge in [-0.05, 0) is 30.7 Å². The first-order valence-electron chi connectivity index (χ1n) is 7.81. The molecule has 0 aliphatic rings. The number of benzene rings is 2. The van der Waals surface area contributed by atoms with Crippen LogP contribution in [0.25, 0.3) is 0 Å². The molecule has 0 saturated heterocycles. The number of rotatable bonds is 8. The van der Waals surface area contributed by atoms with E-state index in [1.54, 1.807) is 36.0 Å². The van der Waals surface area contributed by atoms with Crippen molar-refractivity contribution >= 4 is 21.6 Å². The van der Waals surface area contributed by atoms with Gasteiger partial charge in [0.25, 0.3) is 0 Å². The van der Waals surface area contributed by atoms with Crippen LogP contribution >= 0.6 is 11.8 Å². The molecule has 0 aliphatic carbocycles. The van der Waals surface area contributed by atoms with E-state index < -0.39 is 9.84 Å². The van der Waals surface area contributed by atoms with Gasteiger partial charge in [-0.15, -0.1) is 0 Å². The molecule has 0 N–H and O–H groups in total. The maximum absolute atomic E-state index is 12.6. The summed E-state index contributed by atoms with van der Waals surface area (Å²) in [6, 6.07) is 18.6. The molecule has 0 atom stereocenters. The van der Waals surface area contributed by atoms with E-state index >= 15 is 0 Å². The predicted octanol–water partition coefficient (Wildman–Crippen LogP) is 5.33. The smallest absolute Gasteiger partial charge is 0.183 e. The Balaban J connectivity index is 2.19. The van der Waals surface area contributed by atoms with Crippen molar-refractivity contribution in [1.82, 2.24) is 0 Å². The van der Waals surface area contributed by atoms with Gasteiger partial charge in [0.1, 0.15) is 0 Å². The largest absolute Gasteiger partial charge is 0.223 e. The Kier molecular flexibility index (Phi) is 6.93. The van der Waals surface area contributed by atoms with E-state index in [4.69, 9.17) is 0 Å². The van der Waals surface area contributed by atoms with Crippen molar-refractivity contribution < 1.29 is 8.42 Å². The maximum Gasteiger partial charge on any atom is 0.183 e. The molecule has 4 heteroatoms.